The highest BCUT2D eigenvalue weighted by Crippen LogP contribution is 2.37. The number of rotatable bonds is 5. The van der Waals surface area contributed by atoms with E-state index in [1.54, 1.807) is 4.88 Å². The number of hydrogen-bond donors (Lipinski definition) is 1. The topological polar surface area (TPSA) is 15.3 Å². The smallest absolute Gasteiger partial charge is 0.0332 e. The molecule has 0 radical (unpaired) electrons. The minimum absolute atomic E-state index is 0.695. The molecule has 1 aliphatic heterocycles. The minimum atomic E-state index is 0.695. The van der Waals surface area contributed by atoms with Gasteiger partial charge in [-0.1, -0.05) is 13.8 Å². The molecule has 1 saturated carbocycles. The van der Waals surface area contributed by atoms with Gasteiger partial charge < -0.3 is 5.32 Å². The quantitative estimate of drug-likeness (QED) is 0.889. The molecule has 2 nitrogen and oxygen atoms in total. The maximum atomic E-state index is 3.73. The fraction of sp³-hybridized carbons (Fsp3) is 0.750. The summed E-state index contributed by atoms with van der Waals surface area (Å²) in [6, 6.07) is 6.14. The Morgan fingerprint density at radius 3 is 2.68 bits per heavy atom. The highest BCUT2D eigenvalue weighted by Gasteiger charge is 2.38. The third-order valence-electron chi connectivity index (χ3n) is 4.62. The van der Waals surface area contributed by atoms with Crippen LogP contribution < -0.4 is 5.32 Å². The van der Waals surface area contributed by atoms with Crippen molar-refractivity contribution in [1.82, 2.24) is 10.2 Å². The van der Waals surface area contributed by atoms with Crippen LogP contribution in [0, 0.1) is 5.92 Å². The average molecular weight is 278 g/mol. The van der Waals surface area contributed by atoms with Crippen molar-refractivity contribution in [2.75, 3.05) is 13.1 Å². The summed E-state index contributed by atoms with van der Waals surface area (Å²) in [5.41, 5.74) is 0. The SMILES string of the molecule is CCc1ccc(CN2CC(CC)NCC2C2CC2)s1. The lowest BCUT2D eigenvalue weighted by atomic mass is 10.0. The largest absolute Gasteiger partial charge is 0.311 e. The number of nitrogens with zero attached hydrogens (tertiary/aromatic N) is 1. The molecule has 106 valence electrons. The zero-order valence-electron chi connectivity index (χ0n) is 12.2. The van der Waals surface area contributed by atoms with Crippen LogP contribution in [0.25, 0.3) is 0 Å². The van der Waals surface area contributed by atoms with Crippen molar-refractivity contribution in [2.45, 2.75) is 58.2 Å². The van der Waals surface area contributed by atoms with Crippen LogP contribution >= 0.6 is 11.3 Å². The van der Waals surface area contributed by atoms with Crippen LogP contribution in [-0.4, -0.2) is 30.1 Å². The Balaban J connectivity index is 1.67. The van der Waals surface area contributed by atoms with Crippen LogP contribution in [0.3, 0.4) is 0 Å². The Hall–Kier alpha value is -0.380. The van der Waals surface area contributed by atoms with Crippen LogP contribution in [0.4, 0.5) is 0 Å². The summed E-state index contributed by atoms with van der Waals surface area (Å²) in [4.78, 5) is 5.84. The van der Waals surface area contributed by atoms with Crippen molar-refractivity contribution in [1.29, 1.82) is 0 Å². The van der Waals surface area contributed by atoms with Crippen LogP contribution in [0.5, 0.6) is 0 Å². The van der Waals surface area contributed by atoms with Gasteiger partial charge in [0.1, 0.15) is 0 Å². The summed E-state index contributed by atoms with van der Waals surface area (Å²) in [7, 11) is 0. The van der Waals surface area contributed by atoms with Gasteiger partial charge >= 0.3 is 0 Å². The monoisotopic (exact) mass is 278 g/mol. The third-order valence-corrected chi connectivity index (χ3v) is 5.84. The van der Waals surface area contributed by atoms with E-state index < -0.39 is 0 Å². The van der Waals surface area contributed by atoms with Gasteiger partial charge in [0.15, 0.2) is 0 Å². The lowest BCUT2D eigenvalue weighted by Gasteiger charge is -2.40. The predicted molar refractivity (Wildman–Crippen MR) is 82.7 cm³/mol. The van der Waals surface area contributed by atoms with E-state index in [1.165, 1.54) is 50.2 Å². The van der Waals surface area contributed by atoms with Crippen molar-refractivity contribution in [3.05, 3.63) is 21.9 Å². The first kappa shape index (κ1) is 13.6. The van der Waals surface area contributed by atoms with E-state index in [4.69, 9.17) is 0 Å². The van der Waals surface area contributed by atoms with E-state index in [9.17, 15) is 0 Å². The maximum absolute atomic E-state index is 3.73. The average Bonchev–Trinajstić information content (AvgIpc) is 3.18. The van der Waals surface area contributed by atoms with Gasteiger partial charge in [0.25, 0.3) is 0 Å². The summed E-state index contributed by atoms with van der Waals surface area (Å²) in [5, 5.41) is 3.73. The molecule has 1 aromatic heterocycles. The number of piperazine rings is 1. The second-order valence-corrected chi connectivity index (χ2v) is 7.32. The molecular weight excluding hydrogens is 252 g/mol. The van der Waals surface area contributed by atoms with E-state index in [-0.39, 0.29) is 0 Å². The molecule has 0 spiro atoms. The zero-order valence-corrected chi connectivity index (χ0v) is 13.0. The van der Waals surface area contributed by atoms with Crippen LogP contribution in [0.15, 0.2) is 12.1 Å². The molecule has 2 fully saturated rings. The Morgan fingerprint density at radius 2 is 2.05 bits per heavy atom. The Morgan fingerprint density at radius 1 is 1.26 bits per heavy atom. The van der Waals surface area contributed by atoms with Gasteiger partial charge in [-0.15, -0.1) is 11.3 Å². The first-order valence-electron chi connectivity index (χ1n) is 7.85. The van der Waals surface area contributed by atoms with Gasteiger partial charge in [0.2, 0.25) is 0 Å². The van der Waals surface area contributed by atoms with Gasteiger partial charge in [-0.3, -0.25) is 4.90 Å². The number of thiophene rings is 1. The van der Waals surface area contributed by atoms with Crippen molar-refractivity contribution in [2.24, 2.45) is 5.92 Å². The van der Waals surface area contributed by atoms with Gasteiger partial charge in [-0.25, -0.2) is 0 Å². The van der Waals surface area contributed by atoms with Crippen molar-refractivity contribution < 1.29 is 0 Å². The van der Waals surface area contributed by atoms with E-state index in [2.05, 4.69) is 36.2 Å². The van der Waals surface area contributed by atoms with Gasteiger partial charge in [-0.2, -0.15) is 0 Å². The molecule has 3 heteroatoms. The molecule has 1 N–H and O–H groups in total. The zero-order chi connectivity index (χ0) is 13.2. The molecule has 2 atom stereocenters. The third kappa shape index (κ3) is 3.21. The van der Waals surface area contributed by atoms with E-state index >= 15 is 0 Å². The number of nitrogens with one attached hydrogen (secondary N) is 1. The summed E-state index contributed by atoms with van der Waals surface area (Å²) in [5.74, 6) is 0.968. The van der Waals surface area contributed by atoms with Crippen molar-refractivity contribution in [3.8, 4) is 0 Å². The fourth-order valence-electron chi connectivity index (χ4n) is 3.20. The first-order chi connectivity index (χ1) is 9.30. The first-order valence-corrected chi connectivity index (χ1v) is 8.66. The molecular formula is C16H26N2S. The molecule has 3 rings (SSSR count). The molecule has 1 aromatic rings. The van der Waals surface area contributed by atoms with Crippen molar-refractivity contribution >= 4 is 11.3 Å². The second kappa shape index (κ2) is 5.94. The molecule has 2 heterocycles. The minimum Gasteiger partial charge on any atom is -0.311 e. The number of aryl methyl sites for hydroxylation is 1. The Labute approximate surface area is 121 Å². The fourth-order valence-corrected chi connectivity index (χ4v) is 4.18. The van der Waals surface area contributed by atoms with Gasteiger partial charge in [0.05, 0.1) is 0 Å². The van der Waals surface area contributed by atoms with Gasteiger partial charge in [-0.05, 0) is 43.7 Å². The standard InChI is InChI=1S/C16H26N2S/c1-3-13-10-18(16(9-17-13)12-5-6-12)11-15-8-7-14(4-2)19-15/h7-8,12-13,16-17H,3-6,9-11H2,1-2H3. The highest BCUT2D eigenvalue weighted by molar-refractivity contribution is 7.11. The molecule has 2 unspecified atom stereocenters. The molecule has 2 aliphatic rings. The summed E-state index contributed by atoms with van der Waals surface area (Å²) < 4.78 is 0. The second-order valence-electron chi connectivity index (χ2n) is 6.07. The molecule has 0 aromatic carbocycles. The Kier molecular flexibility index (Phi) is 4.25. The summed E-state index contributed by atoms with van der Waals surface area (Å²) >= 11 is 2.01. The van der Waals surface area contributed by atoms with Gasteiger partial charge in [0, 0.05) is 41.5 Å². The molecule has 1 aliphatic carbocycles. The maximum Gasteiger partial charge on any atom is 0.0332 e. The molecule has 19 heavy (non-hydrogen) atoms. The normalized spacial score (nSPS) is 28.7. The van der Waals surface area contributed by atoms with E-state index in [0.717, 1.165) is 12.0 Å². The van der Waals surface area contributed by atoms with Crippen LogP contribution in [0.1, 0.15) is 42.9 Å². The van der Waals surface area contributed by atoms with E-state index in [0.29, 0.717) is 6.04 Å². The number of hydrogen-bond acceptors (Lipinski definition) is 3. The Bertz CT molecular complexity index is 411. The van der Waals surface area contributed by atoms with Crippen molar-refractivity contribution in [3.63, 3.8) is 0 Å². The molecule has 0 amide bonds. The predicted octanol–water partition coefficient (Wildman–Crippen LogP) is 3.27. The summed E-state index contributed by atoms with van der Waals surface area (Å²) in [6.07, 6.45) is 5.32. The molecule has 1 saturated heterocycles. The lowest BCUT2D eigenvalue weighted by molar-refractivity contribution is 0.107. The van der Waals surface area contributed by atoms with E-state index in [1.807, 2.05) is 11.3 Å². The summed E-state index contributed by atoms with van der Waals surface area (Å²) in [6.45, 7) is 8.16. The highest BCUT2D eigenvalue weighted by atomic mass is 32.1. The molecule has 0 bridgehead atoms. The van der Waals surface area contributed by atoms with Crippen LogP contribution in [-0.2, 0) is 13.0 Å². The lowest BCUT2D eigenvalue weighted by Crippen LogP contribution is -2.56. The van der Waals surface area contributed by atoms with Crippen LogP contribution in [0.2, 0.25) is 0 Å².